The third-order valence-electron chi connectivity index (χ3n) is 15.0. The van der Waals surface area contributed by atoms with Crippen LogP contribution in [-0.2, 0) is 0 Å². The van der Waals surface area contributed by atoms with Crippen LogP contribution in [0.25, 0.3) is 44.5 Å². The zero-order chi connectivity index (χ0) is 50.5. The van der Waals surface area contributed by atoms with Crippen molar-refractivity contribution in [2.45, 2.75) is 33.7 Å². The van der Waals surface area contributed by atoms with Crippen molar-refractivity contribution < 1.29 is 0 Å². The van der Waals surface area contributed by atoms with Crippen LogP contribution in [0.2, 0.25) is 0 Å². The van der Waals surface area contributed by atoms with Crippen molar-refractivity contribution >= 4 is 22.7 Å². The van der Waals surface area contributed by atoms with Gasteiger partial charge in [-0.15, -0.1) is 0 Å². The fraction of sp³-hybridized carbons (Fsp3) is 0.0857. The van der Waals surface area contributed by atoms with E-state index in [1.54, 1.807) is 0 Å². The summed E-state index contributed by atoms with van der Waals surface area (Å²) in [6, 6.07) is 69.4. The monoisotopic (exact) mass is 948 g/mol. The van der Waals surface area contributed by atoms with Crippen LogP contribution in [0.3, 0.4) is 0 Å². The van der Waals surface area contributed by atoms with Gasteiger partial charge in [-0.1, -0.05) is 186 Å². The first-order valence-electron chi connectivity index (χ1n) is 25.3. The number of aryl methyl sites for hydroxylation is 4. The van der Waals surface area contributed by atoms with E-state index in [4.69, 9.17) is 0 Å². The highest BCUT2D eigenvalue weighted by molar-refractivity contribution is 5.91. The van der Waals surface area contributed by atoms with Crippen LogP contribution in [-0.4, -0.2) is 6.04 Å². The summed E-state index contributed by atoms with van der Waals surface area (Å²) in [5.41, 5.74) is 26.0. The fourth-order valence-corrected chi connectivity index (χ4v) is 11.1. The van der Waals surface area contributed by atoms with Crippen molar-refractivity contribution in [2.75, 3.05) is 9.80 Å². The van der Waals surface area contributed by atoms with E-state index in [1.165, 1.54) is 50.1 Å². The van der Waals surface area contributed by atoms with Crippen molar-refractivity contribution in [3.05, 3.63) is 298 Å². The summed E-state index contributed by atoms with van der Waals surface area (Å²) in [7, 11) is 0. The Bertz CT molecular complexity index is 3880. The molecule has 0 fully saturated rings. The van der Waals surface area contributed by atoms with Crippen molar-refractivity contribution in [3.8, 4) is 56.6 Å². The SMILES string of the molecule is Cc1ccc(-c2ccc(N(C3=C4C=CC5=C6C(=CC=C(C=C3)C46)C(N(c3cccc(C#N)c3)c3ccc(-c4ccc(C)cc4)cc3-c3ccc(C)cc3)C=C5)c3cccc(C#N)c3)c(-c3ccc(C)cc3)c2)cc1. The minimum Gasteiger partial charge on any atom is -0.330 e. The predicted molar refractivity (Wildman–Crippen MR) is 305 cm³/mol. The van der Waals surface area contributed by atoms with Gasteiger partial charge in [0.1, 0.15) is 0 Å². The molecule has 0 radical (unpaired) electrons. The lowest BCUT2D eigenvalue weighted by Gasteiger charge is -2.44. The zero-order valence-corrected chi connectivity index (χ0v) is 41.9. The molecule has 0 N–H and O–H groups in total. The molecular formula is C70H52N4. The molecule has 0 aromatic heterocycles. The smallest absolute Gasteiger partial charge is 0.0992 e. The highest BCUT2D eigenvalue weighted by atomic mass is 15.2. The third-order valence-corrected chi connectivity index (χ3v) is 15.0. The van der Waals surface area contributed by atoms with E-state index in [1.807, 2.05) is 36.4 Å². The van der Waals surface area contributed by atoms with Crippen molar-refractivity contribution in [3.63, 3.8) is 0 Å². The molecule has 0 bridgehead atoms. The number of anilines is 4. The van der Waals surface area contributed by atoms with Gasteiger partial charge in [-0.3, -0.25) is 0 Å². The maximum atomic E-state index is 10.3. The molecule has 0 heterocycles. The zero-order valence-electron chi connectivity index (χ0n) is 41.9. The first kappa shape index (κ1) is 45.6. The van der Waals surface area contributed by atoms with Gasteiger partial charge < -0.3 is 9.80 Å². The van der Waals surface area contributed by atoms with Crippen molar-refractivity contribution in [2.24, 2.45) is 5.92 Å². The Hall–Kier alpha value is -9.48. The van der Waals surface area contributed by atoms with E-state index in [-0.39, 0.29) is 12.0 Å². The first-order chi connectivity index (χ1) is 36.2. The Balaban J connectivity index is 1.03. The summed E-state index contributed by atoms with van der Waals surface area (Å²) in [6.07, 6.45) is 18.4. The molecule has 4 nitrogen and oxygen atoms in total. The maximum Gasteiger partial charge on any atom is 0.0992 e. The molecule has 8 aromatic carbocycles. The Morgan fingerprint density at radius 1 is 0.432 bits per heavy atom. The molecule has 0 aliphatic heterocycles. The van der Waals surface area contributed by atoms with Gasteiger partial charge in [0.2, 0.25) is 0 Å². The number of nitrogens with zero attached hydrogens (tertiary/aromatic N) is 4. The molecule has 352 valence electrons. The average molecular weight is 949 g/mol. The molecule has 4 heteroatoms. The number of nitriles is 2. The summed E-state index contributed by atoms with van der Waals surface area (Å²) in [4.78, 5) is 4.80. The van der Waals surface area contributed by atoms with Gasteiger partial charge >= 0.3 is 0 Å². The van der Waals surface area contributed by atoms with Gasteiger partial charge in [0.25, 0.3) is 0 Å². The van der Waals surface area contributed by atoms with Crippen LogP contribution in [0.15, 0.2) is 264 Å². The number of hydrogen-bond donors (Lipinski definition) is 0. The van der Waals surface area contributed by atoms with Crippen LogP contribution in [0.5, 0.6) is 0 Å². The Morgan fingerprint density at radius 2 is 0.932 bits per heavy atom. The number of allylic oxidation sites excluding steroid dienone is 10. The lowest BCUT2D eigenvalue weighted by molar-refractivity contribution is 0.773. The van der Waals surface area contributed by atoms with Crippen molar-refractivity contribution in [1.82, 2.24) is 0 Å². The van der Waals surface area contributed by atoms with Gasteiger partial charge in [0.15, 0.2) is 0 Å². The topological polar surface area (TPSA) is 54.1 Å². The van der Waals surface area contributed by atoms with E-state index >= 15 is 0 Å². The highest BCUT2D eigenvalue weighted by Crippen LogP contribution is 2.53. The van der Waals surface area contributed by atoms with Crippen LogP contribution >= 0.6 is 0 Å². The van der Waals surface area contributed by atoms with Gasteiger partial charge in [-0.2, -0.15) is 10.5 Å². The summed E-state index contributed by atoms with van der Waals surface area (Å²) in [5, 5.41) is 20.7. The summed E-state index contributed by atoms with van der Waals surface area (Å²) >= 11 is 0. The molecule has 74 heavy (non-hydrogen) atoms. The Kier molecular flexibility index (Phi) is 11.7. The second-order valence-electron chi connectivity index (χ2n) is 19.9. The van der Waals surface area contributed by atoms with Crippen LogP contribution < -0.4 is 9.80 Å². The average Bonchev–Trinajstić information content (AvgIpc) is 3.45. The molecular weight excluding hydrogens is 897 g/mol. The molecule has 2 unspecified atom stereocenters. The molecule has 0 saturated carbocycles. The number of rotatable bonds is 10. The van der Waals surface area contributed by atoms with Crippen LogP contribution in [0.4, 0.5) is 22.7 Å². The molecule has 2 atom stereocenters. The van der Waals surface area contributed by atoms with Gasteiger partial charge in [0.05, 0.1) is 40.7 Å². The van der Waals surface area contributed by atoms with Gasteiger partial charge in [-0.05, 0) is 156 Å². The van der Waals surface area contributed by atoms with E-state index in [9.17, 15) is 10.5 Å². The van der Waals surface area contributed by atoms with Crippen LogP contribution in [0, 0.1) is 56.3 Å². The quantitative estimate of drug-likeness (QED) is 0.137. The summed E-state index contributed by atoms with van der Waals surface area (Å²) in [5.74, 6) is -0.0773. The maximum absolute atomic E-state index is 10.3. The van der Waals surface area contributed by atoms with E-state index in [0.29, 0.717) is 11.1 Å². The minimum atomic E-state index is -0.233. The number of benzene rings is 8. The number of hydrogen-bond acceptors (Lipinski definition) is 4. The van der Waals surface area contributed by atoms with Crippen molar-refractivity contribution in [1.29, 1.82) is 10.5 Å². The fourth-order valence-electron chi connectivity index (χ4n) is 11.1. The standard InChI is InChI=1S/C70H52N4/c1-45-11-19-51(20-12-45)57-31-37-67(63(41-57)53-23-15-47(3)16-24-53)73(59-9-5-7-49(39-59)43-71)65-35-29-55-28-34-62-66(36-30-56-27-33-61(65)69(55)70(56)62)74(60-10-6-8-50(40-60)44-72)68-38-32-58(52-21-13-46(2)14-22-52)42-64(68)54-25-17-48(4)18-26-54/h5-42,65,70H,1-4H3. The molecule has 8 aromatic rings. The second kappa shape index (κ2) is 18.9. The normalized spacial score (nSPS) is 16.0. The molecule has 0 saturated heterocycles. The summed E-state index contributed by atoms with van der Waals surface area (Å²) < 4.78 is 0. The van der Waals surface area contributed by atoms with Crippen LogP contribution in [0.1, 0.15) is 33.4 Å². The van der Waals surface area contributed by atoms with E-state index in [0.717, 1.165) is 73.0 Å². The highest BCUT2D eigenvalue weighted by Gasteiger charge is 2.40. The molecule has 4 aliphatic rings. The lowest BCUT2D eigenvalue weighted by atomic mass is 9.67. The first-order valence-corrected chi connectivity index (χ1v) is 25.3. The van der Waals surface area contributed by atoms with Gasteiger partial charge in [-0.25, -0.2) is 0 Å². The molecule has 4 aliphatic carbocycles. The summed E-state index contributed by atoms with van der Waals surface area (Å²) in [6.45, 7) is 8.50. The Morgan fingerprint density at radius 3 is 1.50 bits per heavy atom. The third kappa shape index (κ3) is 8.33. The van der Waals surface area contributed by atoms with E-state index < -0.39 is 0 Å². The Labute approximate surface area is 434 Å². The lowest BCUT2D eigenvalue weighted by Crippen LogP contribution is -2.37. The minimum absolute atomic E-state index is 0.0773. The predicted octanol–water partition coefficient (Wildman–Crippen LogP) is 17.4. The van der Waals surface area contributed by atoms with E-state index in [2.05, 4.69) is 244 Å². The molecule has 12 rings (SSSR count). The molecule has 0 amide bonds. The largest absolute Gasteiger partial charge is 0.330 e. The van der Waals surface area contributed by atoms with Gasteiger partial charge in [0, 0.05) is 34.1 Å². The second-order valence-corrected chi connectivity index (χ2v) is 19.9. The molecule has 0 spiro atoms.